The molecule has 0 spiro atoms. The van der Waals surface area contributed by atoms with E-state index >= 15 is 0 Å². The highest BCUT2D eigenvalue weighted by atomic mass is 32.1. The zero-order valence-electron chi connectivity index (χ0n) is 16.6. The Hall–Kier alpha value is -2.77. The van der Waals surface area contributed by atoms with Crippen LogP contribution in [0.25, 0.3) is 11.1 Å². The van der Waals surface area contributed by atoms with Crippen LogP contribution in [-0.2, 0) is 4.74 Å². The predicted molar refractivity (Wildman–Crippen MR) is 118 cm³/mol. The molecule has 0 aliphatic heterocycles. The monoisotopic (exact) mass is 395 g/mol. The quantitative estimate of drug-likeness (QED) is 0.454. The normalized spacial score (nSPS) is 11.1. The second kappa shape index (κ2) is 9.43. The van der Waals surface area contributed by atoms with Gasteiger partial charge in [0.25, 0.3) is 0 Å². The van der Waals surface area contributed by atoms with E-state index in [2.05, 4.69) is 46.4 Å². The first-order valence-corrected chi connectivity index (χ1v) is 9.87. The maximum Gasteiger partial charge on any atom is 0.149 e. The van der Waals surface area contributed by atoms with E-state index in [1.807, 2.05) is 31.5 Å². The topological polar surface area (TPSA) is 62.6 Å². The van der Waals surface area contributed by atoms with Crippen LogP contribution in [0.5, 0.6) is 0 Å². The Bertz CT molecular complexity index is 920. The predicted octanol–water partition coefficient (Wildman–Crippen LogP) is 4.35. The first-order valence-electron chi connectivity index (χ1n) is 9.05. The molecular weight excluding hydrogens is 370 g/mol. The van der Waals surface area contributed by atoms with Gasteiger partial charge in [-0.05, 0) is 60.9 Å². The number of methoxy groups -OCH3 is 1. The number of anilines is 2. The van der Waals surface area contributed by atoms with Crippen molar-refractivity contribution in [3.8, 4) is 11.1 Å². The SMILES string of the molecule is COCCN(C)c1cc(-c2ccncc2)cc(NN=Cc2cc(C)c(C)s2)n1. The van der Waals surface area contributed by atoms with Crippen LogP contribution >= 0.6 is 11.3 Å². The van der Waals surface area contributed by atoms with E-state index in [0.29, 0.717) is 12.4 Å². The number of aryl methyl sites for hydroxylation is 2. The summed E-state index contributed by atoms with van der Waals surface area (Å²) >= 11 is 1.73. The van der Waals surface area contributed by atoms with Crippen molar-refractivity contribution < 1.29 is 4.74 Å². The van der Waals surface area contributed by atoms with E-state index in [-0.39, 0.29) is 0 Å². The van der Waals surface area contributed by atoms with Gasteiger partial charge >= 0.3 is 0 Å². The first kappa shape index (κ1) is 20.0. The van der Waals surface area contributed by atoms with E-state index < -0.39 is 0 Å². The second-order valence-electron chi connectivity index (χ2n) is 6.51. The number of aromatic nitrogens is 2. The van der Waals surface area contributed by atoms with Gasteiger partial charge < -0.3 is 9.64 Å². The molecule has 0 fully saturated rings. The summed E-state index contributed by atoms with van der Waals surface area (Å²) < 4.78 is 5.19. The Balaban J connectivity index is 1.86. The molecule has 146 valence electrons. The van der Waals surface area contributed by atoms with Crippen molar-refractivity contribution in [3.63, 3.8) is 0 Å². The lowest BCUT2D eigenvalue weighted by atomic mass is 10.1. The van der Waals surface area contributed by atoms with Crippen LogP contribution in [0, 0.1) is 13.8 Å². The molecule has 0 saturated heterocycles. The summed E-state index contributed by atoms with van der Waals surface area (Å²) in [5, 5.41) is 4.38. The largest absolute Gasteiger partial charge is 0.383 e. The molecule has 3 heterocycles. The number of nitrogens with zero attached hydrogens (tertiary/aromatic N) is 4. The molecule has 0 atom stereocenters. The molecular formula is C21H25N5OS. The third-order valence-corrected chi connectivity index (χ3v) is 5.49. The van der Waals surface area contributed by atoms with Crippen LogP contribution in [0.2, 0.25) is 0 Å². The van der Waals surface area contributed by atoms with E-state index in [4.69, 9.17) is 9.72 Å². The third kappa shape index (κ3) is 5.15. The molecule has 7 heteroatoms. The van der Waals surface area contributed by atoms with E-state index in [1.165, 1.54) is 10.4 Å². The molecule has 0 bridgehead atoms. The Morgan fingerprint density at radius 3 is 2.64 bits per heavy atom. The maximum absolute atomic E-state index is 5.19. The minimum absolute atomic E-state index is 0.635. The summed E-state index contributed by atoms with van der Waals surface area (Å²) in [6, 6.07) is 10.2. The molecule has 1 N–H and O–H groups in total. The van der Waals surface area contributed by atoms with Gasteiger partial charge in [0, 0.05) is 42.9 Å². The van der Waals surface area contributed by atoms with Crippen LogP contribution in [0.1, 0.15) is 15.3 Å². The van der Waals surface area contributed by atoms with Gasteiger partial charge in [-0.15, -0.1) is 11.3 Å². The summed E-state index contributed by atoms with van der Waals surface area (Å²) in [5.74, 6) is 1.54. The fourth-order valence-corrected chi connectivity index (χ4v) is 3.56. The average Bonchev–Trinajstić information content (AvgIpc) is 3.04. The van der Waals surface area contributed by atoms with Crippen molar-refractivity contribution in [1.29, 1.82) is 0 Å². The number of ether oxygens (including phenoxy) is 1. The summed E-state index contributed by atoms with van der Waals surface area (Å²) in [6.07, 6.45) is 5.41. The fraction of sp³-hybridized carbons (Fsp3) is 0.286. The van der Waals surface area contributed by atoms with Gasteiger partial charge in [-0.25, -0.2) is 4.98 Å². The number of hydrogen-bond donors (Lipinski definition) is 1. The molecule has 0 amide bonds. The lowest BCUT2D eigenvalue weighted by molar-refractivity contribution is 0.206. The highest BCUT2D eigenvalue weighted by Gasteiger charge is 2.09. The van der Waals surface area contributed by atoms with Gasteiger partial charge in [-0.2, -0.15) is 5.10 Å². The molecule has 0 aromatic carbocycles. The Kier molecular flexibility index (Phi) is 6.73. The summed E-state index contributed by atoms with van der Waals surface area (Å²) in [4.78, 5) is 13.3. The summed E-state index contributed by atoms with van der Waals surface area (Å²) in [5.41, 5.74) is 6.49. The highest BCUT2D eigenvalue weighted by Crippen LogP contribution is 2.26. The van der Waals surface area contributed by atoms with Crippen LogP contribution in [0.3, 0.4) is 0 Å². The summed E-state index contributed by atoms with van der Waals surface area (Å²) in [7, 11) is 3.70. The minimum atomic E-state index is 0.635. The standard InChI is InChI=1S/C21H25N5OS/c1-15-11-19(28-16(15)2)14-23-25-20-12-18(17-5-7-22-8-6-17)13-21(24-20)26(3)9-10-27-4/h5-8,11-14H,9-10H2,1-4H3,(H,24,25). The number of pyridine rings is 2. The number of hydrogen-bond acceptors (Lipinski definition) is 7. The Morgan fingerprint density at radius 1 is 1.18 bits per heavy atom. The zero-order chi connectivity index (χ0) is 19.9. The van der Waals surface area contributed by atoms with Crippen LogP contribution < -0.4 is 10.3 Å². The number of likely N-dealkylation sites (N-methyl/N-ethyl adjacent to an activating group) is 1. The van der Waals surface area contributed by atoms with Gasteiger partial charge in [-0.1, -0.05) is 0 Å². The van der Waals surface area contributed by atoms with Gasteiger partial charge in [0.2, 0.25) is 0 Å². The Labute approximate surface area is 169 Å². The number of thiophene rings is 1. The molecule has 3 aromatic rings. The molecule has 0 saturated carbocycles. The van der Waals surface area contributed by atoms with Crippen LogP contribution in [0.4, 0.5) is 11.6 Å². The zero-order valence-corrected chi connectivity index (χ0v) is 17.5. The van der Waals surface area contributed by atoms with Crippen molar-refractivity contribution >= 4 is 29.2 Å². The molecule has 0 aliphatic carbocycles. The fourth-order valence-electron chi connectivity index (χ4n) is 2.65. The molecule has 0 radical (unpaired) electrons. The highest BCUT2D eigenvalue weighted by molar-refractivity contribution is 7.13. The van der Waals surface area contributed by atoms with E-state index in [1.54, 1.807) is 30.8 Å². The molecule has 0 aliphatic rings. The van der Waals surface area contributed by atoms with Crippen molar-refractivity contribution in [2.45, 2.75) is 13.8 Å². The number of nitrogens with one attached hydrogen (secondary N) is 1. The second-order valence-corrected chi connectivity index (χ2v) is 7.80. The van der Waals surface area contributed by atoms with Crippen molar-refractivity contribution in [2.75, 3.05) is 37.6 Å². The van der Waals surface area contributed by atoms with Gasteiger partial charge in [0.1, 0.15) is 11.6 Å². The van der Waals surface area contributed by atoms with Gasteiger partial charge in [0.15, 0.2) is 0 Å². The number of hydrazone groups is 1. The minimum Gasteiger partial charge on any atom is -0.383 e. The van der Waals surface area contributed by atoms with E-state index in [0.717, 1.165) is 28.4 Å². The molecule has 6 nitrogen and oxygen atoms in total. The lowest BCUT2D eigenvalue weighted by Gasteiger charge is -2.19. The smallest absolute Gasteiger partial charge is 0.149 e. The van der Waals surface area contributed by atoms with Crippen molar-refractivity contribution in [1.82, 2.24) is 9.97 Å². The third-order valence-electron chi connectivity index (χ3n) is 4.40. The summed E-state index contributed by atoms with van der Waals surface area (Å²) in [6.45, 7) is 5.61. The molecule has 3 rings (SSSR count). The maximum atomic E-state index is 5.19. The first-order chi connectivity index (χ1) is 13.6. The van der Waals surface area contributed by atoms with Gasteiger partial charge in [0.05, 0.1) is 12.8 Å². The average molecular weight is 396 g/mol. The molecule has 0 unspecified atom stereocenters. The number of rotatable bonds is 8. The Morgan fingerprint density at radius 2 is 1.96 bits per heavy atom. The van der Waals surface area contributed by atoms with Gasteiger partial charge in [-0.3, -0.25) is 10.4 Å². The lowest BCUT2D eigenvalue weighted by Crippen LogP contribution is -2.23. The van der Waals surface area contributed by atoms with E-state index in [9.17, 15) is 0 Å². The molecule has 3 aromatic heterocycles. The van der Waals surface area contributed by atoms with Crippen molar-refractivity contribution in [2.24, 2.45) is 5.10 Å². The van der Waals surface area contributed by atoms with Crippen LogP contribution in [-0.4, -0.2) is 43.5 Å². The van der Waals surface area contributed by atoms with Crippen molar-refractivity contribution in [3.05, 3.63) is 58.0 Å². The molecule has 28 heavy (non-hydrogen) atoms. The van der Waals surface area contributed by atoms with Crippen LogP contribution in [0.15, 0.2) is 47.8 Å².